The highest BCUT2D eigenvalue weighted by atomic mass is 16.2. The van der Waals surface area contributed by atoms with Gasteiger partial charge in [0.25, 0.3) is 0 Å². The molecule has 0 saturated carbocycles. The Morgan fingerprint density at radius 3 is 2.68 bits per heavy atom. The number of hydrogen-bond donors (Lipinski definition) is 1. The summed E-state index contributed by atoms with van der Waals surface area (Å²) in [5.41, 5.74) is 0.512. The van der Waals surface area contributed by atoms with Gasteiger partial charge >= 0.3 is 11.8 Å². The van der Waals surface area contributed by atoms with E-state index in [1.54, 1.807) is 24.3 Å². The number of para-hydroxylation sites is 1. The number of amides is 2. The molecule has 1 aromatic rings. The first-order valence-electron chi connectivity index (χ1n) is 6.56. The zero-order valence-corrected chi connectivity index (χ0v) is 11.1. The molecule has 5 heteroatoms. The van der Waals surface area contributed by atoms with E-state index in [1.165, 1.54) is 5.01 Å². The van der Waals surface area contributed by atoms with Gasteiger partial charge in [-0.1, -0.05) is 18.2 Å². The van der Waals surface area contributed by atoms with Gasteiger partial charge in [-0.2, -0.15) is 0 Å². The maximum Gasteiger partial charge on any atom is 0.326 e. The minimum Gasteiger partial charge on any atom is -0.317 e. The first-order chi connectivity index (χ1) is 9.22. The Morgan fingerprint density at radius 2 is 2.11 bits per heavy atom. The van der Waals surface area contributed by atoms with Gasteiger partial charge in [-0.25, -0.2) is 5.01 Å². The summed E-state index contributed by atoms with van der Waals surface area (Å²) in [4.78, 5) is 24.0. The minimum absolute atomic E-state index is 0.505. The van der Waals surface area contributed by atoms with Crippen LogP contribution < -0.4 is 5.32 Å². The lowest BCUT2D eigenvalue weighted by Gasteiger charge is -2.29. The molecule has 0 aliphatic carbocycles. The number of carbonyl (C=O) groups excluding carboxylic acids is 2. The number of anilines is 1. The van der Waals surface area contributed by atoms with Crippen LogP contribution in [0.25, 0.3) is 0 Å². The number of nitrogens with zero attached hydrogens (tertiary/aromatic N) is 2. The van der Waals surface area contributed by atoms with Crippen molar-refractivity contribution in [2.75, 3.05) is 25.0 Å². The highest BCUT2D eigenvalue weighted by molar-refractivity contribution is 6.39. The van der Waals surface area contributed by atoms with Crippen LogP contribution in [0.2, 0.25) is 0 Å². The number of carbonyl (C=O) groups is 2. The summed E-state index contributed by atoms with van der Waals surface area (Å²) in [7, 11) is 0. The standard InChI is InChI=1S/C14H18N3O2/c1-2-17(16-10-6-7-11-16)14(19)13(18)15-12-8-4-3-5-9-12/h3-5,8H,2,6-7,10-11H2,1H3,(H,15,18). The van der Waals surface area contributed by atoms with E-state index in [0.29, 0.717) is 12.2 Å². The Kier molecular flexibility index (Phi) is 4.52. The zero-order chi connectivity index (χ0) is 13.7. The predicted octanol–water partition coefficient (Wildman–Crippen LogP) is 1.28. The molecule has 1 heterocycles. The largest absolute Gasteiger partial charge is 0.326 e. The topological polar surface area (TPSA) is 52.7 Å². The fourth-order valence-electron chi connectivity index (χ4n) is 2.18. The lowest BCUT2D eigenvalue weighted by Crippen LogP contribution is -2.49. The highest BCUT2D eigenvalue weighted by Gasteiger charge is 2.27. The molecule has 1 saturated heterocycles. The van der Waals surface area contributed by atoms with Crippen LogP contribution >= 0.6 is 0 Å². The molecule has 0 bridgehead atoms. The molecule has 101 valence electrons. The fraction of sp³-hybridized carbons (Fsp3) is 0.429. The summed E-state index contributed by atoms with van der Waals surface area (Å²) in [6, 6.07) is 9.85. The summed E-state index contributed by atoms with van der Waals surface area (Å²) in [6.07, 6.45) is 2.13. The number of hydrogen-bond acceptors (Lipinski definition) is 3. The second-order valence-corrected chi connectivity index (χ2v) is 4.41. The summed E-state index contributed by atoms with van der Waals surface area (Å²) in [5.74, 6) is -1.13. The monoisotopic (exact) mass is 260 g/mol. The highest BCUT2D eigenvalue weighted by Crippen LogP contribution is 2.12. The molecule has 1 radical (unpaired) electrons. The Labute approximate surface area is 113 Å². The maximum atomic E-state index is 12.1. The van der Waals surface area contributed by atoms with E-state index < -0.39 is 11.8 Å². The van der Waals surface area contributed by atoms with E-state index in [9.17, 15) is 9.59 Å². The lowest BCUT2D eigenvalue weighted by atomic mass is 10.3. The van der Waals surface area contributed by atoms with Crippen LogP contribution in [0.4, 0.5) is 5.69 Å². The molecule has 2 rings (SSSR count). The van der Waals surface area contributed by atoms with Gasteiger partial charge in [0, 0.05) is 31.4 Å². The van der Waals surface area contributed by atoms with E-state index in [-0.39, 0.29) is 0 Å². The summed E-state index contributed by atoms with van der Waals surface area (Å²) in [6.45, 7) is 4.05. The SMILES string of the molecule is CCN(C(=O)C(=O)Nc1[c]cccc1)N1CCCC1. The van der Waals surface area contributed by atoms with Crippen LogP contribution in [-0.4, -0.2) is 41.5 Å². The van der Waals surface area contributed by atoms with E-state index in [4.69, 9.17) is 0 Å². The normalized spacial score (nSPS) is 15.2. The third-order valence-electron chi connectivity index (χ3n) is 3.11. The number of nitrogens with one attached hydrogen (secondary N) is 1. The third kappa shape index (κ3) is 3.32. The molecule has 2 amide bonds. The number of likely N-dealkylation sites (N-methyl/N-ethyl adjacent to an activating group) is 1. The van der Waals surface area contributed by atoms with Crippen molar-refractivity contribution < 1.29 is 9.59 Å². The van der Waals surface area contributed by atoms with Crippen LogP contribution in [0.3, 0.4) is 0 Å². The van der Waals surface area contributed by atoms with E-state index >= 15 is 0 Å². The molecule has 0 spiro atoms. The average molecular weight is 260 g/mol. The zero-order valence-electron chi connectivity index (χ0n) is 11.1. The second-order valence-electron chi connectivity index (χ2n) is 4.41. The predicted molar refractivity (Wildman–Crippen MR) is 72.1 cm³/mol. The van der Waals surface area contributed by atoms with Gasteiger partial charge in [-0.3, -0.25) is 14.6 Å². The molecule has 1 fully saturated rings. The number of rotatable bonds is 3. The molecule has 0 atom stereocenters. The first-order valence-corrected chi connectivity index (χ1v) is 6.56. The second kappa shape index (κ2) is 6.33. The molecule has 0 unspecified atom stereocenters. The van der Waals surface area contributed by atoms with Gasteiger partial charge in [-0.15, -0.1) is 0 Å². The first kappa shape index (κ1) is 13.5. The van der Waals surface area contributed by atoms with Crippen molar-refractivity contribution in [1.29, 1.82) is 0 Å². The average Bonchev–Trinajstić information content (AvgIpc) is 2.94. The molecule has 1 aromatic carbocycles. The quantitative estimate of drug-likeness (QED) is 0.833. The molecule has 5 nitrogen and oxygen atoms in total. The summed E-state index contributed by atoms with van der Waals surface area (Å²) in [5, 5.41) is 6.03. The molecule has 0 aromatic heterocycles. The molecule has 1 N–H and O–H groups in total. The maximum absolute atomic E-state index is 12.1. The van der Waals surface area contributed by atoms with E-state index in [2.05, 4.69) is 11.4 Å². The summed E-state index contributed by atoms with van der Waals surface area (Å²) >= 11 is 0. The van der Waals surface area contributed by atoms with Gasteiger partial charge in [0.2, 0.25) is 0 Å². The number of benzene rings is 1. The Bertz CT molecular complexity index is 441. The minimum atomic E-state index is -0.615. The Balaban J connectivity index is 1.99. The third-order valence-corrected chi connectivity index (χ3v) is 3.11. The van der Waals surface area contributed by atoms with Crippen molar-refractivity contribution in [3.05, 3.63) is 30.3 Å². The van der Waals surface area contributed by atoms with Crippen molar-refractivity contribution in [3.8, 4) is 0 Å². The van der Waals surface area contributed by atoms with Crippen LogP contribution in [0.1, 0.15) is 19.8 Å². The molecule has 1 aliphatic heterocycles. The van der Waals surface area contributed by atoms with Crippen molar-refractivity contribution in [2.24, 2.45) is 0 Å². The van der Waals surface area contributed by atoms with Crippen LogP contribution in [0.15, 0.2) is 24.3 Å². The smallest absolute Gasteiger partial charge is 0.317 e. The van der Waals surface area contributed by atoms with Crippen molar-refractivity contribution in [1.82, 2.24) is 10.0 Å². The van der Waals surface area contributed by atoms with E-state index in [0.717, 1.165) is 25.9 Å². The van der Waals surface area contributed by atoms with Gasteiger partial charge < -0.3 is 5.32 Å². The molecule has 1 aliphatic rings. The molecular formula is C14H18N3O2. The van der Waals surface area contributed by atoms with Crippen LogP contribution in [0, 0.1) is 6.07 Å². The fourth-order valence-corrected chi connectivity index (χ4v) is 2.18. The van der Waals surface area contributed by atoms with Crippen molar-refractivity contribution >= 4 is 17.5 Å². The van der Waals surface area contributed by atoms with Crippen molar-refractivity contribution in [3.63, 3.8) is 0 Å². The van der Waals surface area contributed by atoms with Gasteiger partial charge in [0.15, 0.2) is 0 Å². The number of hydrazine groups is 1. The lowest BCUT2D eigenvalue weighted by molar-refractivity contribution is -0.154. The van der Waals surface area contributed by atoms with E-state index in [1.807, 2.05) is 11.9 Å². The van der Waals surface area contributed by atoms with Crippen molar-refractivity contribution in [2.45, 2.75) is 19.8 Å². The summed E-state index contributed by atoms with van der Waals surface area (Å²) < 4.78 is 0. The molecular weight excluding hydrogens is 242 g/mol. The van der Waals surface area contributed by atoms with Gasteiger partial charge in [0.05, 0.1) is 0 Å². The van der Waals surface area contributed by atoms with Crippen LogP contribution in [0.5, 0.6) is 0 Å². The van der Waals surface area contributed by atoms with Crippen LogP contribution in [-0.2, 0) is 9.59 Å². The molecule has 19 heavy (non-hydrogen) atoms. The Morgan fingerprint density at radius 1 is 1.37 bits per heavy atom. The Hall–Kier alpha value is -1.88. The van der Waals surface area contributed by atoms with Gasteiger partial charge in [0.1, 0.15) is 0 Å². The van der Waals surface area contributed by atoms with Gasteiger partial charge in [-0.05, 0) is 25.8 Å².